The van der Waals surface area contributed by atoms with Gasteiger partial charge in [0.05, 0.1) is 4.90 Å². The molecule has 14 heavy (non-hydrogen) atoms. The fraction of sp³-hybridized carbons (Fsp3) is 0.222. The summed E-state index contributed by atoms with van der Waals surface area (Å²) < 4.78 is 19.6. The summed E-state index contributed by atoms with van der Waals surface area (Å²) >= 11 is -1.97. The number of hydrogen-bond donors (Lipinski definition) is 2. The first-order valence-corrected chi connectivity index (χ1v) is 5.10. The molecule has 0 fully saturated rings. The van der Waals surface area contributed by atoms with Gasteiger partial charge >= 0.3 is 0 Å². The van der Waals surface area contributed by atoms with E-state index in [4.69, 9.17) is 4.55 Å². The monoisotopic (exact) mass is 213 g/mol. The highest BCUT2D eigenvalue weighted by Crippen LogP contribution is 2.17. The van der Waals surface area contributed by atoms with Gasteiger partial charge in [-0.25, -0.2) is 4.21 Å². The van der Waals surface area contributed by atoms with Crippen LogP contribution in [0, 0.1) is 6.92 Å². The van der Waals surface area contributed by atoms with Crippen LogP contribution < -0.4 is 5.32 Å². The molecule has 1 unspecified atom stereocenters. The molecule has 0 heterocycles. The maximum atomic E-state index is 10.8. The Labute approximate surface area is 84.6 Å². The van der Waals surface area contributed by atoms with Gasteiger partial charge in [-0.05, 0) is 30.7 Å². The molecule has 0 aromatic heterocycles. The first-order chi connectivity index (χ1) is 6.50. The van der Waals surface area contributed by atoms with Gasteiger partial charge in [-0.15, -0.1) is 0 Å². The molecule has 1 rings (SSSR count). The van der Waals surface area contributed by atoms with Crippen molar-refractivity contribution >= 4 is 22.7 Å². The minimum atomic E-state index is -1.97. The molecule has 4 nitrogen and oxygen atoms in total. The first-order valence-electron chi connectivity index (χ1n) is 4.00. The van der Waals surface area contributed by atoms with E-state index in [0.29, 0.717) is 16.1 Å². The lowest BCUT2D eigenvalue weighted by Crippen LogP contribution is -2.06. The Morgan fingerprint density at radius 1 is 1.50 bits per heavy atom. The van der Waals surface area contributed by atoms with Crippen LogP contribution in [-0.2, 0) is 15.9 Å². The lowest BCUT2D eigenvalue weighted by Gasteiger charge is -2.05. The second-order valence-corrected chi connectivity index (χ2v) is 3.85. The average Bonchev–Trinajstić information content (AvgIpc) is 2.01. The Hall–Kier alpha value is -1.20. The summed E-state index contributed by atoms with van der Waals surface area (Å²) in [4.78, 5) is 11.1. The number of carbonyl (C=O) groups excluding carboxylic acids is 1. The fourth-order valence-corrected chi connectivity index (χ4v) is 1.65. The zero-order valence-corrected chi connectivity index (χ0v) is 8.72. The molecule has 0 saturated heterocycles. The van der Waals surface area contributed by atoms with E-state index in [1.165, 1.54) is 13.0 Å². The van der Waals surface area contributed by atoms with Crippen LogP contribution in [0.15, 0.2) is 23.1 Å². The van der Waals surface area contributed by atoms with Crippen LogP contribution in [0.1, 0.15) is 12.5 Å². The van der Waals surface area contributed by atoms with E-state index < -0.39 is 11.1 Å². The van der Waals surface area contributed by atoms with Crippen LogP contribution in [0.5, 0.6) is 0 Å². The Morgan fingerprint density at radius 2 is 2.14 bits per heavy atom. The molecule has 5 heteroatoms. The smallest absolute Gasteiger partial charge is 0.221 e. The maximum Gasteiger partial charge on any atom is 0.221 e. The molecule has 0 aliphatic rings. The molecule has 0 saturated carbocycles. The van der Waals surface area contributed by atoms with Gasteiger partial charge in [0.15, 0.2) is 11.1 Å². The molecule has 1 atom stereocenters. The second-order valence-electron chi connectivity index (χ2n) is 2.91. The van der Waals surface area contributed by atoms with Gasteiger partial charge in [0.2, 0.25) is 5.91 Å². The molecule has 0 aliphatic carbocycles. The van der Waals surface area contributed by atoms with Crippen molar-refractivity contribution in [2.75, 3.05) is 5.32 Å². The topological polar surface area (TPSA) is 66.4 Å². The van der Waals surface area contributed by atoms with Crippen LogP contribution in [0.4, 0.5) is 5.69 Å². The molecule has 0 aliphatic heterocycles. The normalized spacial score (nSPS) is 12.2. The third-order valence-electron chi connectivity index (χ3n) is 1.68. The predicted molar refractivity (Wildman–Crippen MR) is 54.5 cm³/mol. The van der Waals surface area contributed by atoms with Crippen molar-refractivity contribution in [3.63, 3.8) is 0 Å². The largest absolute Gasteiger partial charge is 0.326 e. The van der Waals surface area contributed by atoms with E-state index in [9.17, 15) is 9.00 Å². The summed E-state index contributed by atoms with van der Waals surface area (Å²) in [7, 11) is 0. The van der Waals surface area contributed by atoms with E-state index >= 15 is 0 Å². The molecular formula is C9H11NO3S. The lowest BCUT2D eigenvalue weighted by atomic mass is 10.2. The number of carbonyl (C=O) groups is 1. The van der Waals surface area contributed by atoms with Crippen molar-refractivity contribution in [3.8, 4) is 0 Å². The van der Waals surface area contributed by atoms with Gasteiger partial charge in [-0.3, -0.25) is 4.79 Å². The van der Waals surface area contributed by atoms with Crippen molar-refractivity contribution in [3.05, 3.63) is 23.8 Å². The number of nitrogens with one attached hydrogen (secondary N) is 1. The van der Waals surface area contributed by atoms with E-state index in [-0.39, 0.29) is 5.91 Å². The number of hydrogen-bond acceptors (Lipinski definition) is 2. The van der Waals surface area contributed by atoms with Crippen molar-refractivity contribution in [1.29, 1.82) is 0 Å². The van der Waals surface area contributed by atoms with Gasteiger partial charge in [0.1, 0.15) is 0 Å². The molecular weight excluding hydrogens is 202 g/mol. The summed E-state index contributed by atoms with van der Waals surface area (Å²) in [5, 5.41) is 2.59. The number of rotatable bonds is 2. The fourth-order valence-electron chi connectivity index (χ4n) is 1.13. The second kappa shape index (κ2) is 4.34. The van der Waals surface area contributed by atoms with Gasteiger partial charge in [-0.2, -0.15) is 0 Å². The minimum absolute atomic E-state index is 0.165. The number of amides is 1. The summed E-state index contributed by atoms with van der Waals surface area (Å²) in [5.74, 6) is -0.165. The Bertz CT molecular complexity index is 390. The van der Waals surface area contributed by atoms with Crippen LogP contribution in [-0.4, -0.2) is 14.7 Å². The van der Waals surface area contributed by atoms with Gasteiger partial charge in [-0.1, -0.05) is 0 Å². The molecule has 1 aromatic carbocycles. The van der Waals surface area contributed by atoms with Crippen molar-refractivity contribution in [2.45, 2.75) is 18.7 Å². The zero-order valence-electron chi connectivity index (χ0n) is 7.90. The third-order valence-corrected chi connectivity index (χ3v) is 2.52. The van der Waals surface area contributed by atoms with E-state index in [0.717, 1.165) is 0 Å². The number of benzene rings is 1. The molecule has 0 spiro atoms. The summed E-state index contributed by atoms with van der Waals surface area (Å²) in [6.07, 6.45) is 0. The van der Waals surface area contributed by atoms with Crippen molar-refractivity contribution in [2.24, 2.45) is 0 Å². The molecule has 0 radical (unpaired) electrons. The predicted octanol–water partition coefficient (Wildman–Crippen LogP) is 1.53. The Morgan fingerprint density at radius 3 is 2.57 bits per heavy atom. The van der Waals surface area contributed by atoms with Crippen molar-refractivity contribution < 1.29 is 13.6 Å². The first kappa shape index (κ1) is 10.9. The molecule has 76 valence electrons. The summed E-state index contributed by atoms with van der Waals surface area (Å²) in [6.45, 7) is 3.13. The zero-order chi connectivity index (χ0) is 10.7. The average molecular weight is 213 g/mol. The van der Waals surface area contributed by atoms with E-state index in [1.54, 1.807) is 19.1 Å². The molecule has 1 amide bonds. The van der Waals surface area contributed by atoms with Gasteiger partial charge in [0, 0.05) is 12.6 Å². The highest BCUT2D eigenvalue weighted by Gasteiger charge is 2.05. The number of aryl methyl sites for hydroxylation is 1. The van der Waals surface area contributed by atoms with Crippen LogP contribution in [0.25, 0.3) is 0 Å². The SMILES string of the molecule is CC(=O)Nc1ccc(S(=O)O)c(C)c1. The van der Waals surface area contributed by atoms with Gasteiger partial charge in [0.25, 0.3) is 0 Å². The van der Waals surface area contributed by atoms with E-state index in [1.807, 2.05) is 0 Å². The van der Waals surface area contributed by atoms with Gasteiger partial charge < -0.3 is 9.87 Å². The Balaban J connectivity index is 3.00. The highest BCUT2D eigenvalue weighted by molar-refractivity contribution is 7.79. The third kappa shape index (κ3) is 2.65. The van der Waals surface area contributed by atoms with Crippen LogP contribution in [0.2, 0.25) is 0 Å². The van der Waals surface area contributed by atoms with Crippen molar-refractivity contribution in [1.82, 2.24) is 0 Å². The van der Waals surface area contributed by atoms with E-state index in [2.05, 4.69) is 5.32 Å². The Kier molecular flexibility index (Phi) is 3.38. The standard InChI is InChI=1S/C9H11NO3S/c1-6-5-8(10-7(2)11)3-4-9(6)14(12)13/h3-5H,1-2H3,(H,10,11)(H,12,13). The maximum absolute atomic E-state index is 10.8. The quantitative estimate of drug-likeness (QED) is 0.732. The molecule has 2 N–H and O–H groups in total. The molecule has 1 aromatic rings. The molecule has 0 bridgehead atoms. The summed E-state index contributed by atoms with van der Waals surface area (Å²) in [5.41, 5.74) is 1.31. The van der Waals surface area contributed by atoms with Crippen LogP contribution in [0.3, 0.4) is 0 Å². The number of anilines is 1. The lowest BCUT2D eigenvalue weighted by molar-refractivity contribution is -0.114. The highest BCUT2D eigenvalue weighted by atomic mass is 32.2. The van der Waals surface area contributed by atoms with Crippen LogP contribution >= 0.6 is 0 Å². The summed E-state index contributed by atoms with van der Waals surface area (Å²) in [6, 6.07) is 4.78. The minimum Gasteiger partial charge on any atom is -0.326 e.